The minimum atomic E-state index is -0.0839. The predicted molar refractivity (Wildman–Crippen MR) is 81.1 cm³/mol. The summed E-state index contributed by atoms with van der Waals surface area (Å²) in [5.74, 6) is 2.40. The van der Waals surface area contributed by atoms with E-state index in [0.29, 0.717) is 30.7 Å². The number of benzene rings is 1. The molecule has 2 fully saturated rings. The molecule has 6 nitrogen and oxygen atoms in total. The van der Waals surface area contributed by atoms with Crippen LogP contribution in [0.25, 0.3) is 11.0 Å². The number of furan rings is 1. The van der Waals surface area contributed by atoms with E-state index in [2.05, 4.69) is 10.1 Å². The summed E-state index contributed by atoms with van der Waals surface area (Å²) >= 11 is 0. The Morgan fingerprint density at radius 3 is 2.78 bits per heavy atom. The Morgan fingerprint density at radius 1 is 1.17 bits per heavy atom. The van der Waals surface area contributed by atoms with Crippen LogP contribution in [-0.2, 0) is 0 Å². The second-order valence-corrected chi connectivity index (χ2v) is 6.32. The van der Waals surface area contributed by atoms with Gasteiger partial charge in [0.25, 0.3) is 5.91 Å². The molecule has 0 N–H and O–H groups in total. The largest absolute Gasteiger partial charge is 0.451 e. The highest BCUT2D eigenvalue weighted by Crippen LogP contribution is 2.39. The zero-order chi connectivity index (χ0) is 15.4. The predicted octanol–water partition coefficient (Wildman–Crippen LogP) is 2.93. The number of carbonyl (C=O) groups excluding carboxylic acids is 1. The summed E-state index contributed by atoms with van der Waals surface area (Å²) in [6.45, 7) is 1.20. The molecule has 1 saturated heterocycles. The summed E-state index contributed by atoms with van der Waals surface area (Å²) in [5.41, 5.74) is 0.735. The molecule has 1 aliphatic carbocycles. The summed E-state index contributed by atoms with van der Waals surface area (Å²) in [4.78, 5) is 18.7. The number of hydrogen-bond donors (Lipinski definition) is 0. The molecule has 5 rings (SSSR count). The number of para-hydroxylation sites is 1. The Morgan fingerprint density at radius 2 is 2.00 bits per heavy atom. The molecule has 116 valence electrons. The number of carbonyl (C=O) groups is 1. The molecule has 3 aromatic rings. The molecule has 1 aliphatic heterocycles. The van der Waals surface area contributed by atoms with E-state index in [0.717, 1.165) is 29.6 Å². The third kappa shape index (κ3) is 2.13. The first-order chi connectivity index (χ1) is 11.3. The number of rotatable bonds is 3. The van der Waals surface area contributed by atoms with E-state index in [1.807, 2.05) is 24.3 Å². The SMILES string of the molecule is O=C(c1cc2ccccc2o1)N1CC(c2nc(C3CC3)no2)C1. The quantitative estimate of drug-likeness (QED) is 0.744. The number of aromatic nitrogens is 2. The van der Waals surface area contributed by atoms with Crippen molar-refractivity contribution in [3.8, 4) is 0 Å². The average molecular weight is 309 g/mol. The standard InChI is InChI=1S/C17H15N3O3/c21-17(14-7-11-3-1-2-4-13(11)22-14)20-8-12(9-20)16-18-15(19-23-16)10-5-6-10/h1-4,7,10,12H,5-6,8-9H2. The number of nitrogens with zero attached hydrogens (tertiary/aromatic N) is 3. The fraction of sp³-hybridized carbons (Fsp3) is 0.353. The van der Waals surface area contributed by atoms with Gasteiger partial charge >= 0.3 is 0 Å². The Labute approximate surface area is 132 Å². The van der Waals surface area contributed by atoms with E-state index in [9.17, 15) is 4.79 Å². The van der Waals surface area contributed by atoms with Gasteiger partial charge in [-0.2, -0.15) is 4.98 Å². The minimum Gasteiger partial charge on any atom is -0.451 e. The first-order valence-corrected chi connectivity index (χ1v) is 7.89. The lowest BCUT2D eigenvalue weighted by atomic mass is 10.00. The van der Waals surface area contributed by atoms with Crippen LogP contribution in [0.5, 0.6) is 0 Å². The molecule has 1 amide bonds. The third-order valence-corrected chi connectivity index (χ3v) is 4.55. The molecule has 23 heavy (non-hydrogen) atoms. The molecule has 0 spiro atoms. The third-order valence-electron chi connectivity index (χ3n) is 4.55. The van der Waals surface area contributed by atoms with Crippen molar-refractivity contribution < 1.29 is 13.7 Å². The second-order valence-electron chi connectivity index (χ2n) is 6.32. The maximum Gasteiger partial charge on any atom is 0.289 e. The molecule has 2 aromatic heterocycles. The van der Waals surface area contributed by atoms with Gasteiger partial charge in [0.15, 0.2) is 11.6 Å². The summed E-state index contributed by atoms with van der Waals surface area (Å²) < 4.78 is 11.0. The van der Waals surface area contributed by atoms with Crippen LogP contribution in [0.4, 0.5) is 0 Å². The lowest BCUT2D eigenvalue weighted by Crippen LogP contribution is -2.48. The van der Waals surface area contributed by atoms with Crippen LogP contribution in [-0.4, -0.2) is 34.0 Å². The van der Waals surface area contributed by atoms with E-state index < -0.39 is 0 Å². The molecule has 1 saturated carbocycles. The fourth-order valence-electron chi connectivity index (χ4n) is 2.96. The van der Waals surface area contributed by atoms with Crippen LogP contribution in [0.2, 0.25) is 0 Å². The van der Waals surface area contributed by atoms with E-state index >= 15 is 0 Å². The van der Waals surface area contributed by atoms with Gasteiger partial charge in [-0.05, 0) is 25.0 Å². The zero-order valence-corrected chi connectivity index (χ0v) is 12.4. The first kappa shape index (κ1) is 12.9. The van der Waals surface area contributed by atoms with Gasteiger partial charge in [-0.3, -0.25) is 4.79 Å². The van der Waals surface area contributed by atoms with E-state index in [4.69, 9.17) is 8.94 Å². The van der Waals surface area contributed by atoms with Crippen LogP contribution in [0.1, 0.15) is 46.9 Å². The van der Waals surface area contributed by atoms with Crippen molar-refractivity contribution in [2.75, 3.05) is 13.1 Å². The van der Waals surface area contributed by atoms with Crippen LogP contribution < -0.4 is 0 Å². The lowest BCUT2D eigenvalue weighted by Gasteiger charge is -2.36. The number of amides is 1. The minimum absolute atomic E-state index is 0.0839. The maximum absolute atomic E-state index is 12.5. The molecule has 0 bridgehead atoms. The van der Waals surface area contributed by atoms with Crippen LogP contribution in [0.15, 0.2) is 39.3 Å². The molecule has 0 unspecified atom stereocenters. The smallest absolute Gasteiger partial charge is 0.289 e. The first-order valence-electron chi connectivity index (χ1n) is 7.89. The van der Waals surface area contributed by atoms with Crippen molar-refractivity contribution >= 4 is 16.9 Å². The van der Waals surface area contributed by atoms with Gasteiger partial charge in [0.05, 0.1) is 5.92 Å². The van der Waals surface area contributed by atoms with Crippen molar-refractivity contribution in [2.45, 2.75) is 24.7 Å². The van der Waals surface area contributed by atoms with Gasteiger partial charge in [0.2, 0.25) is 5.89 Å². The lowest BCUT2D eigenvalue weighted by molar-refractivity contribution is 0.0539. The molecule has 3 heterocycles. The highest BCUT2D eigenvalue weighted by atomic mass is 16.5. The monoisotopic (exact) mass is 309 g/mol. The van der Waals surface area contributed by atoms with Crippen LogP contribution in [0.3, 0.4) is 0 Å². The molecule has 2 aliphatic rings. The van der Waals surface area contributed by atoms with Crippen molar-refractivity contribution in [3.05, 3.63) is 47.8 Å². The van der Waals surface area contributed by atoms with Gasteiger partial charge in [-0.25, -0.2) is 0 Å². The molecular weight excluding hydrogens is 294 g/mol. The van der Waals surface area contributed by atoms with E-state index in [1.54, 1.807) is 11.0 Å². The zero-order valence-electron chi connectivity index (χ0n) is 12.4. The Bertz CT molecular complexity index is 854. The Kier molecular flexibility index (Phi) is 2.62. The Hall–Kier alpha value is -2.63. The number of likely N-dealkylation sites (tertiary alicyclic amines) is 1. The van der Waals surface area contributed by atoms with Crippen molar-refractivity contribution in [1.82, 2.24) is 15.0 Å². The van der Waals surface area contributed by atoms with Gasteiger partial charge in [0.1, 0.15) is 5.58 Å². The summed E-state index contributed by atoms with van der Waals surface area (Å²) in [7, 11) is 0. The highest BCUT2D eigenvalue weighted by molar-refractivity contribution is 5.96. The van der Waals surface area contributed by atoms with Gasteiger partial charge < -0.3 is 13.8 Å². The van der Waals surface area contributed by atoms with E-state index in [-0.39, 0.29) is 11.8 Å². The normalized spacial score (nSPS) is 18.3. The van der Waals surface area contributed by atoms with Gasteiger partial charge in [-0.15, -0.1) is 0 Å². The Balaban J connectivity index is 1.29. The molecule has 6 heteroatoms. The summed E-state index contributed by atoms with van der Waals surface area (Å²) in [6, 6.07) is 9.42. The molecule has 0 atom stereocenters. The van der Waals surface area contributed by atoms with Crippen LogP contribution >= 0.6 is 0 Å². The molecular formula is C17H15N3O3. The molecule has 0 radical (unpaired) electrons. The molecule has 1 aromatic carbocycles. The number of fused-ring (bicyclic) bond motifs is 1. The average Bonchev–Trinajstić information content (AvgIpc) is 3.10. The fourth-order valence-corrected chi connectivity index (χ4v) is 2.96. The van der Waals surface area contributed by atoms with Gasteiger partial charge in [0, 0.05) is 24.4 Å². The summed E-state index contributed by atoms with van der Waals surface area (Å²) in [5, 5.41) is 4.97. The second kappa shape index (κ2) is 4.68. The number of hydrogen-bond acceptors (Lipinski definition) is 5. The van der Waals surface area contributed by atoms with Crippen LogP contribution in [0, 0.1) is 0 Å². The van der Waals surface area contributed by atoms with Crippen molar-refractivity contribution in [1.29, 1.82) is 0 Å². The van der Waals surface area contributed by atoms with Crippen molar-refractivity contribution in [2.24, 2.45) is 0 Å². The van der Waals surface area contributed by atoms with Gasteiger partial charge in [-0.1, -0.05) is 23.4 Å². The maximum atomic E-state index is 12.5. The summed E-state index contributed by atoms with van der Waals surface area (Å²) in [6.07, 6.45) is 2.31. The van der Waals surface area contributed by atoms with E-state index in [1.165, 1.54) is 0 Å². The van der Waals surface area contributed by atoms with Crippen molar-refractivity contribution in [3.63, 3.8) is 0 Å². The highest BCUT2D eigenvalue weighted by Gasteiger charge is 2.38. The topological polar surface area (TPSA) is 72.4 Å².